The largest absolute Gasteiger partial charge is 0.497 e. The zero-order valence-electron chi connectivity index (χ0n) is 11.0. The third-order valence-corrected chi connectivity index (χ3v) is 3.11. The van der Waals surface area contributed by atoms with Gasteiger partial charge < -0.3 is 14.7 Å². The molecule has 0 spiro atoms. The van der Waals surface area contributed by atoms with Crippen molar-refractivity contribution >= 4 is 0 Å². The molecule has 1 aromatic carbocycles. The van der Waals surface area contributed by atoms with E-state index in [4.69, 9.17) is 4.74 Å². The van der Waals surface area contributed by atoms with Crippen LogP contribution in [-0.2, 0) is 0 Å². The molecule has 1 unspecified atom stereocenters. The van der Waals surface area contributed by atoms with E-state index in [1.54, 1.807) is 7.11 Å². The van der Waals surface area contributed by atoms with Crippen LogP contribution in [0.2, 0.25) is 0 Å². The Balaban J connectivity index is 2.48. The quantitative estimate of drug-likeness (QED) is 0.790. The van der Waals surface area contributed by atoms with Crippen LogP contribution in [0.1, 0.15) is 31.9 Å². The van der Waals surface area contributed by atoms with Gasteiger partial charge in [-0.2, -0.15) is 0 Å². The van der Waals surface area contributed by atoms with Gasteiger partial charge in [-0.1, -0.05) is 26.0 Å². The fourth-order valence-corrected chi connectivity index (χ4v) is 1.84. The van der Waals surface area contributed by atoms with Gasteiger partial charge in [-0.05, 0) is 37.2 Å². The van der Waals surface area contributed by atoms with E-state index in [1.807, 2.05) is 24.3 Å². The lowest BCUT2D eigenvalue weighted by molar-refractivity contribution is 0.145. The summed E-state index contributed by atoms with van der Waals surface area (Å²) in [6.45, 7) is 7.28. The van der Waals surface area contributed by atoms with E-state index >= 15 is 0 Å². The van der Waals surface area contributed by atoms with Crippen molar-refractivity contribution in [1.82, 2.24) is 4.90 Å². The zero-order chi connectivity index (χ0) is 12.7. The highest BCUT2D eigenvalue weighted by molar-refractivity contribution is 5.28. The minimum absolute atomic E-state index is 0.387. The summed E-state index contributed by atoms with van der Waals surface area (Å²) in [5, 5.41) is 10.1. The molecule has 3 nitrogen and oxygen atoms in total. The van der Waals surface area contributed by atoms with Gasteiger partial charge in [-0.15, -0.1) is 0 Å². The standard InChI is InChI=1S/C14H23NO2/c1-4-15(5-2)11-10-14(16)12-6-8-13(17-3)9-7-12/h6-9,14,16H,4-5,10-11H2,1-3H3. The summed E-state index contributed by atoms with van der Waals surface area (Å²) >= 11 is 0. The fourth-order valence-electron chi connectivity index (χ4n) is 1.84. The van der Waals surface area contributed by atoms with Gasteiger partial charge in [0.05, 0.1) is 13.2 Å². The molecule has 0 heterocycles. The third kappa shape index (κ3) is 4.36. The van der Waals surface area contributed by atoms with Crippen molar-refractivity contribution in [2.45, 2.75) is 26.4 Å². The first-order valence-corrected chi connectivity index (χ1v) is 6.25. The molecule has 0 bridgehead atoms. The van der Waals surface area contributed by atoms with E-state index in [2.05, 4.69) is 18.7 Å². The molecule has 0 aromatic heterocycles. The first kappa shape index (κ1) is 14.0. The van der Waals surface area contributed by atoms with Gasteiger partial charge in [0.15, 0.2) is 0 Å². The lowest BCUT2D eigenvalue weighted by Crippen LogP contribution is -2.25. The van der Waals surface area contributed by atoms with Gasteiger partial charge >= 0.3 is 0 Å². The van der Waals surface area contributed by atoms with E-state index in [0.717, 1.165) is 37.4 Å². The van der Waals surface area contributed by atoms with Crippen LogP contribution in [0, 0.1) is 0 Å². The monoisotopic (exact) mass is 237 g/mol. The van der Waals surface area contributed by atoms with E-state index < -0.39 is 0 Å². The van der Waals surface area contributed by atoms with Crippen LogP contribution >= 0.6 is 0 Å². The van der Waals surface area contributed by atoms with Crippen molar-refractivity contribution in [3.05, 3.63) is 29.8 Å². The smallest absolute Gasteiger partial charge is 0.118 e. The highest BCUT2D eigenvalue weighted by Crippen LogP contribution is 2.20. The van der Waals surface area contributed by atoms with Crippen LogP contribution in [0.3, 0.4) is 0 Å². The summed E-state index contributed by atoms with van der Waals surface area (Å²) < 4.78 is 5.09. The van der Waals surface area contributed by atoms with Gasteiger partial charge in [0.1, 0.15) is 5.75 Å². The lowest BCUT2D eigenvalue weighted by Gasteiger charge is -2.20. The molecule has 0 radical (unpaired) electrons. The van der Waals surface area contributed by atoms with Crippen LogP contribution in [0.25, 0.3) is 0 Å². The molecule has 96 valence electrons. The van der Waals surface area contributed by atoms with Crippen molar-refractivity contribution in [2.24, 2.45) is 0 Å². The average Bonchev–Trinajstić information content (AvgIpc) is 2.39. The number of aliphatic hydroxyl groups is 1. The molecular weight excluding hydrogens is 214 g/mol. The van der Waals surface area contributed by atoms with Gasteiger partial charge in [-0.25, -0.2) is 0 Å². The molecule has 3 heteroatoms. The van der Waals surface area contributed by atoms with Crippen molar-refractivity contribution in [2.75, 3.05) is 26.7 Å². The van der Waals surface area contributed by atoms with Gasteiger partial charge in [-0.3, -0.25) is 0 Å². The topological polar surface area (TPSA) is 32.7 Å². The molecule has 17 heavy (non-hydrogen) atoms. The van der Waals surface area contributed by atoms with E-state index in [0.29, 0.717) is 0 Å². The second-order valence-corrected chi connectivity index (χ2v) is 4.10. The minimum Gasteiger partial charge on any atom is -0.497 e. The Morgan fingerprint density at radius 2 is 1.76 bits per heavy atom. The molecule has 0 aliphatic heterocycles. The maximum atomic E-state index is 10.1. The number of hydrogen-bond donors (Lipinski definition) is 1. The lowest BCUT2D eigenvalue weighted by atomic mass is 10.1. The molecule has 0 amide bonds. The van der Waals surface area contributed by atoms with Crippen LogP contribution in [0.15, 0.2) is 24.3 Å². The molecule has 0 saturated carbocycles. The summed E-state index contributed by atoms with van der Waals surface area (Å²) in [5.41, 5.74) is 0.956. The summed E-state index contributed by atoms with van der Waals surface area (Å²) in [6, 6.07) is 7.61. The van der Waals surface area contributed by atoms with Crippen molar-refractivity contribution in [3.8, 4) is 5.75 Å². The highest BCUT2D eigenvalue weighted by atomic mass is 16.5. The van der Waals surface area contributed by atoms with Crippen molar-refractivity contribution < 1.29 is 9.84 Å². The summed E-state index contributed by atoms with van der Waals surface area (Å²) in [7, 11) is 1.64. The Morgan fingerprint density at radius 1 is 1.18 bits per heavy atom. The molecule has 1 aromatic rings. The van der Waals surface area contributed by atoms with E-state index in [1.165, 1.54) is 0 Å². The van der Waals surface area contributed by atoms with Crippen molar-refractivity contribution in [3.63, 3.8) is 0 Å². The van der Waals surface area contributed by atoms with E-state index in [-0.39, 0.29) is 6.10 Å². The predicted molar refractivity (Wildman–Crippen MR) is 70.4 cm³/mol. The third-order valence-electron chi connectivity index (χ3n) is 3.11. The molecule has 1 atom stereocenters. The Labute approximate surface area is 104 Å². The number of nitrogens with zero attached hydrogens (tertiary/aromatic N) is 1. The van der Waals surface area contributed by atoms with Crippen LogP contribution in [-0.4, -0.2) is 36.8 Å². The molecule has 0 aliphatic carbocycles. The number of rotatable bonds is 7. The molecule has 1 N–H and O–H groups in total. The van der Waals surface area contributed by atoms with Gasteiger partial charge in [0.25, 0.3) is 0 Å². The average molecular weight is 237 g/mol. The Hall–Kier alpha value is -1.06. The summed E-state index contributed by atoms with van der Waals surface area (Å²) in [4.78, 5) is 2.31. The first-order chi connectivity index (χ1) is 8.21. The Kier molecular flexibility index (Phi) is 6.01. The van der Waals surface area contributed by atoms with Gasteiger partial charge in [0.2, 0.25) is 0 Å². The van der Waals surface area contributed by atoms with Gasteiger partial charge in [0, 0.05) is 6.54 Å². The molecule has 0 saturated heterocycles. The highest BCUT2D eigenvalue weighted by Gasteiger charge is 2.09. The molecule has 1 rings (SSSR count). The predicted octanol–water partition coefficient (Wildman–Crippen LogP) is 2.46. The molecule has 0 aliphatic rings. The normalized spacial score (nSPS) is 12.8. The second-order valence-electron chi connectivity index (χ2n) is 4.10. The number of benzene rings is 1. The number of methoxy groups -OCH3 is 1. The van der Waals surface area contributed by atoms with Crippen LogP contribution in [0.4, 0.5) is 0 Å². The Bertz CT molecular complexity index is 307. The minimum atomic E-state index is -0.387. The first-order valence-electron chi connectivity index (χ1n) is 6.25. The van der Waals surface area contributed by atoms with Crippen LogP contribution < -0.4 is 4.74 Å². The number of aliphatic hydroxyl groups excluding tert-OH is 1. The van der Waals surface area contributed by atoms with Crippen molar-refractivity contribution in [1.29, 1.82) is 0 Å². The Morgan fingerprint density at radius 3 is 2.24 bits per heavy atom. The number of ether oxygens (including phenoxy) is 1. The summed E-state index contributed by atoms with van der Waals surface area (Å²) in [5.74, 6) is 0.824. The van der Waals surface area contributed by atoms with Crippen LogP contribution in [0.5, 0.6) is 5.75 Å². The number of hydrogen-bond acceptors (Lipinski definition) is 3. The fraction of sp³-hybridized carbons (Fsp3) is 0.571. The SMILES string of the molecule is CCN(CC)CCC(O)c1ccc(OC)cc1. The summed E-state index contributed by atoms with van der Waals surface area (Å²) in [6.07, 6.45) is 0.384. The maximum absolute atomic E-state index is 10.1. The second kappa shape index (κ2) is 7.30. The zero-order valence-corrected chi connectivity index (χ0v) is 11.0. The van der Waals surface area contributed by atoms with E-state index in [9.17, 15) is 5.11 Å². The molecular formula is C14H23NO2. The maximum Gasteiger partial charge on any atom is 0.118 e. The molecule has 0 fully saturated rings.